The van der Waals surface area contributed by atoms with Crippen molar-refractivity contribution in [3.63, 3.8) is 0 Å². The molecule has 0 aliphatic rings. The largest absolute Gasteiger partial charge is 0.247 e. The summed E-state index contributed by atoms with van der Waals surface area (Å²) in [5.74, 6) is 3.75. The van der Waals surface area contributed by atoms with E-state index in [9.17, 15) is 0 Å². The summed E-state index contributed by atoms with van der Waals surface area (Å²) in [5, 5.41) is 6.88. The van der Waals surface area contributed by atoms with Crippen molar-refractivity contribution >= 4 is 43.4 Å². The number of hydrogen-bond acceptors (Lipinski definition) is 8. The molecule has 0 saturated carbocycles. The maximum atomic E-state index is 5.29. The van der Waals surface area contributed by atoms with Crippen LogP contribution in [-0.4, -0.2) is 39.9 Å². The van der Waals surface area contributed by atoms with Crippen LogP contribution < -0.4 is 0 Å². The Morgan fingerprint density at radius 2 is 0.331 bits per heavy atom. The van der Waals surface area contributed by atoms with E-state index in [-0.39, 0.29) is 0 Å². The molecule has 0 radical (unpaired) electrons. The Balaban J connectivity index is 0.000000152. The van der Waals surface area contributed by atoms with E-state index in [1.165, 1.54) is 33.0 Å². The molecule has 21 aromatic rings. The molecule has 4 heterocycles. The number of aromatic nitrogens is 8. The summed E-state index contributed by atoms with van der Waals surface area (Å²) in [4.78, 5) is 41.0. The third kappa shape index (κ3) is 14.5. The molecular formula is C110H72N8. The van der Waals surface area contributed by atoms with Gasteiger partial charge in [-0.15, -0.1) is 0 Å². The summed E-state index contributed by atoms with van der Waals surface area (Å²) in [6.07, 6.45) is 0. The van der Waals surface area contributed by atoms with Crippen LogP contribution in [0.3, 0.4) is 0 Å². The van der Waals surface area contributed by atoms with E-state index in [2.05, 4.69) is 376 Å². The van der Waals surface area contributed by atoms with E-state index in [1.807, 2.05) is 60.7 Å². The molecule has 552 valence electrons. The lowest BCUT2D eigenvalue weighted by atomic mass is 9.91. The van der Waals surface area contributed by atoms with Crippen molar-refractivity contribution in [2.24, 2.45) is 0 Å². The van der Waals surface area contributed by atoms with E-state index in [0.29, 0.717) is 34.9 Å². The Morgan fingerprint density at radius 3 is 0.644 bits per heavy atom. The summed E-state index contributed by atoms with van der Waals surface area (Å²) < 4.78 is 0. The molecular weight excluding hydrogens is 1430 g/mol. The molecule has 0 spiro atoms. The minimum absolute atomic E-state index is 0.612. The quantitative estimate of drug-likeness (QED) is 0.0935. The fraction of sp³-hybridized carbons (Fsp3) is 0. The predicted molar refractivity (Wildman–Crippen MR) is 487 cm³/mol. The molecule has 4 aromatic heterocycles. The van der Waals surface area contributed by atoms with Crippen molar-refractivity contribution in [3.8, 4) is 169 Å². The summed E-state index contributed by atoms with van der Waals surface area (Å²) in [5.41, 5.74) is 27.5. The maximum Gasteiger partial charge on any atom is 0.164 e. The Bertz CT molecular complexity index is 7120. The Labute approximate surface area is 684 Å². The zero-order chi connectivity index (χ0) is 78.5. The third-order valence-electron chi connectivity index (χ3n) is 21.8. The minimum atomic E-state index is 0.612. The van der Waals surface area contributed by atoms with Crippen molar-refractivity contribution in [3.05, 3.63) is 437 Å². The highest BCUT2D eigenvalue weighted by Gasteiger charge is 2.21. The van der Waals surface area contributed by atoms with Gasteiger partial charge < -0.3 is 0 Å². The summed E-state index contributed by atoms with van der Waals surface area (Å²) in [6, 6.07) is 152. The molecule has 17 aromatic carbocycles. The van der Waals surface area contributed by atoms with Gasteiger partial charge in [-0.05, 0) is 120 Å². The Hall–Kier alpha value is -15.9. The molecule has 0 N–H and O–H groups in total. The fourth-order valence-electron chi connectivity index (χ4n) is 16.0. The van der Waals surface area contributed by atoms with Gasteiger partial charge in [0, 0.05) is 76.8 Å². The molecule has 0 saturated heterocycles. The first-order valence-electron chi connectivity index (χ1n) is 39.7. The molecule has 8 nitrogen and oxygen atoms in total. The number of rotatable bonds is 15. The molecule has 21 rings (SSSR count). The second-order valence-corrected chi connectivity index (χ2v) is 29.3. The number of fused-ring (bicyclic) bond motifs is 6. The molecule has 118 heavy (non-hydrogen) atoms. The van der Waals surface area contributed by atoms with Gasteiger partial charge in [-0.25, -0.2) is 39.9 Å². The van der Waals surface area contributed by atoms with Crippen LogP contribution in [0.25, 0.3) is 212 Å². The average molecular weight is 1510 g/mol. The van der Waals surface area contributed by atoms with Crippen LogP contribution in [0.4, 0.5) is 0 Å². The molecule has 0 amide bonds. The number of hydrogen-bond donors (Lipinski definition) is 0. The van der Waals surface area contributed by atoms with Gasteiger partial charge in [0.15, 0.2) is 34.9 Å². The first-order valence-corrected chi connectivity index (χ1v) is 39.7. The normalized spacial score (nSPS) is 11.2. The van der Waals surface area contributed by atoms with Crippen LogP contribution in [0.5, 0.6) is 0 Å². The molecule has 0 fully saturated rings. The summed E-state index contributed by atoms with van der Waals surface area (Å²) >= 11 is 0. The number of pyridine rings is 2. The highest BCUT2D eigenvalue weighted by atomic mass is 15.0. The summed E-state index contributed by atoms with van der Waals surface area (Å²) in [6.45, 7) is 0. The predicted octanol–water partition coefficient (Wildman–Crippen LogP) is 28.2. The Kier molecular flexibility index (Phi) is 19.3. The van der Waals surface area contributed by atoms with Crippen LogP contribution in [0, 0.1) is 0 Å². The molecule has 0 aliphatic heterocycles. The molecule has 0 atom stereocenters. The van der Waals surface area contributed by atoms with Crippen molar-refractivity contribution in [1.29, 1.82) is 0 Å². The Morgan fingerprint density at radius 1 is 0.119 bits per heavy atom. The highest BCUT2D eigenvalue weighted by Crippen LogP contribution is 2.44. The van der Waals surface area contributed by atoms with Gasteiger partial charge in [0.25, 0.3) is 0 Å². The van der Waals surface area contributed by atoms with E-state index < -0.39 is 0 Å². The van der Waals surface area contributed by atoms with E-state index >= 15 is 0 Å². The number of benzene rings is 17. The SMILES string of the molecule is c1ccc(-c2cccc(-c3nc(-c4ccc(-c5ccc6nc(-c7ccccc7)c7cccc(-c8ccccc8)c7c6c5)cc4)nc(-c4cccc(-c5ccccc5)c4)n3)c2)cc1.c1ccc(-c2cccc(-c3nc(-c4ccccc4)nc(-c4ccc(-c5ccc6nc(-c7ccccc7)c7cccc(-c8ccccc8)c7c6c5)cc4)n3)c2)cc1. The first-order chi connectivity index (χ1) is 58.5. The lowest BCUT2D eigenvalue weighted by molar-refractivity contribution is 1.07. The molecule has 0 unspecified atom stereocenters. The fourth-order valence-corrected chi connectivity index (χ4v) is 16.0. The van der Waals surface area contributed by atoms with Gasteiger partial charge >= 0.3 is 0 Å². The van der Waals surface area contributed by atoms with Gasteiger partial charge in [-0.1, -0.05) is 394 Å². The van der Waals surface area contributed by atoms with Gasteiger partial charge in [-0.3, -0.25) is 0 Å². The zero-order valence-electron chi connectivity index (χ0n) is 64.1. The highest BCUT2D eigenvalue weighted by molar-refractivity contribution is 6.19. The molecule has 0 aliphatic carbocycles. The summed E-state index contributed by atoms with van der Waals surface area (Å²) in [7, 11) is 0. The van der Waals surface area contributed by atoms with Gasteiger partial charge in [-0.2, -0.15) is 0 Å². The average Bonchev–Trinajstić information content (AvgIpc) is 0.744. The lowest BCUT2D eigenvalue weighted by Gasteiger charge is -2.15. The van der Waals surface area contributed by atoms with Crippen molar-refractivity contribution in [2.75, 3.05) is 0 Å². The maximum absolute atomic E-state index is 5.29. The standard InChI is InChI=1S/C58H38N4.C52H34N4/c1-5-16-39(17-6-1)45-24-13-26-48(36-45)57-60-56(61-58(62-57)49-27-14-25-46(37-49)40-18-7-2-8-19-40)44-32-30-41(31-33-44)47-34-35-53-52(38-47)54-50(42-20-9-3-10-21-42)28-15-29-51(54)55(59-53)43-22-11-4-12-23-43;1-5-15-35(16-6-1)41-23-13-24-43(33-41)52-55-50(39-21-11-4-12-22-39)54-51(56-52)40-29-27-36(28-30-40)42-31-32-47-46(34-42)48-44(37-17-7-2-8-18-37)25-14-26-45(48)49(53-47)38-19-9-3-10-20-38/h1-38H;1-34H. The van der Waals surface area contributed by atoms with Crippen molar-refractivity contribution in [2.45, 2.75) is 0 Å². The topological polar surface area (TPSA) is 103 Å². The van der Waals surface area contributed by atoms with Crippen LogP contribution >= 0.6 is 0 Å². The van der Waals surface area contributed by atoms with E-state index in [0.717, 1.165) is 144 Å². The lowest BCUT2D eigenvalue weighted by Crippen LogP contribution is -2.00. The van der Waals surface area contributed by atoms with Gasteiger partial charge in [0.1, 0.15) is 0 Å². The second-order valence-electron chi connectivity index (χ2n) is 29.3. The number of nitrogens with zero attached hydrogens (tertiary/aromatic N) is 8. The van der Waals surface area contributed by atoms with E-state index in [4.69, 9.17) is 39.9 Å². The van der Waals surface area contributed by atoms with Gasteiger partial charge in [0.05, 0.1) is 22.4 Å². The van der Waals surface area contributed by atoms with Crippen molar-refractivity contribution < 1.29 is 0 Å². The molecule has 8 heteroatoms. The molecule has 0 bridgehead atoms. The van der Waals surface area contributed by atoms with Gasteiger partial charge in [0.2, 0.25) is 0 Å². The van der Waals surface area contributed by atoms with Crippen LogP contribution in [-0.2, 0) is 0 Å². The van der Waals surface area contributed by atoms with Crippen LogP contribution in [0.2, 0.25) is 0 Å². The van der Waals surface area contributed by atoms with Crippen LogP contribution in [0.15, 0.2) is 437 Å². The van der Waals surface area contributed by atoms with Crippen molar-refractivity contribution in [1.82, 2.24) is 39.9 Å². The third-order valence-corrected chi connectivity index (χ3v) is 21.8. The van der Waals surface area contributed by atoms with E-state index in [1.54, 1.807) is 0 Å². The second kappa shape index (κ2) is 31.9. The minimum Gasteiger partial charge on any atom is -0.247 e. The zero-order valence-corrected chi connectivity index (χ0v) is 64.1. The monoisotopic (exact) mass is 1500 g/mol. The first kappa shape index (κ1) is 71.2. The smallest absolute Gasteiger partial charge is 0.164 e. The van der Waals surface area contributed by atoms with Crippen LogP contribution in [0.1, 0.15) is 0 Å².